The van der Waals surface area contributed by atoms with Crippen LogP contribution in [0.1, 0.15) is 74.1 Å². The zero-order valence-electron chi connectivity index (χ0n) is 21.4. The summed E-state index contributed by atoms with van der Waals surface area (Å²) in [6.07, 6.45) is 1.79. The molecule has 8 nitrogen and oxygen atoms in total. The fraction of sp³-hybridized carbons (Fsp3) is 0.464. The highest BCUT2D eigenvalue weighted by Gasteiger charge is 2.47. The Labute approximate surface area is 212 Å². The van der Waals surface area contributed by atoms with Crippen LogP contribution < -0.4 is 20.1 Å². The first kappa shape index (κ1) is 25.5. The molecule has 8 heteroatoms. The Kier molecular flexibility index (Phi) is 7.82. The molecule has 1 aliphatic heterocycles. The van der Waals surface area contributed by atoms with Crippen molar-refractivity contribution in [3.63, 3.8) is 0 Å². The van der Waals surface area contributed by atoms with Crippen LogP contribution in [0.2, 0.25) is 0 Å². The number of ether oxygens (including phenoxy) is 2. The van der Waals surface area contributed by atoms with E-state index in [0.29, 0.717) is 35.8 Å². The minimum Gasteiger partial charge on any atom is -0.490 e. The molecule has 0 aromatic heterocycles. The Hall–Kier alpha value is -3.55. The average Bonchev–Trinajstić information content (AvgIpc) is 3.66. The van der Waals surface area contributed by atoms with Crippen LogP contribution in [0, 0.1) is 5.92 Å². The standard InChI is InChI=1S/C28H35N3O5/c1-5-35-22-14-11-18(15-23(22)36-6-2)25(17(3)4)30-24(32)16-29-27(33)26-20-9-7-8-10-21(20)28(34)31(26)19-12-13-19/h7-11,14-15,17,19,25-26H,5-6,12-13,16H2,1-4H3,(H,29,33)(H,30,32). The molecule has 2 atom stereocenters. The molecular formula is C28H35N3O5. The molecule has 0 spiro atoms. The van der Waals surface area contributed by atoms with Crippen LogP contribution in [0.3, 0.4) is 0 Å². The first-order chi connectivity index (χ1) is 17.3. The highest BCUT2D eigenvalue weighted by molar-refractivity contribution is 6.05. The third-order valence-electron chi connectivity index (χ3n) is 6.52. The van der Waals surface area contributed by atoms with Crippen LogP contribution in [0.15, 0.2) is 42.5 Å². The second kappa shape index (κ2) is 11.0. The lowest BCUT2D eigenvalue weighted by molar-refractivity contribution is -0.129. The molecule has 1 fully saturated rings. The molecule has 36 heavy (non-hydrogen) atoms. The molecule has 0 saturated heterocycles. The van der Waals surface area contributed by atoms with Crippen LogP contribution >= 0.6 is 0 Å². The summed E-state index contributed by atoms with van der Waals surface area (Å²) in [5.74, 6) is 0.645. The zero-order chi connectivity index (χ0) is 25.8. The quantitative estimate of drug-likeness (QED) is 0.497. The zero-order valence-corrected chi connectivity index (χ0v) is 21.4. The van der Waals surface area contributed by atoms with Crippen molar-refractivity contribution in [1.82, 2.24) is 15.5 Å². The van der Waals surface area contributed by atoms with E-state index < -0.39 is 6.04 Å². The number of hydrogen-bond acceptors (Lipinski definition) is 5. The van der Waals surface area contributed by atoms with E-state index in [9.17, 15) is 14.4 Å². The number of carbonyl (C=O) groups excluding carboxylic acids is 3. The summed E-state index contributed by atoms with van der Waals surface area (Å²) in [5, 5.41) is 5.81. The largest absolute Gasteiger partial charge is 0.490 e. The SMILES string of the molecule is CCOc1ccc(C(NC(=O)CNC(=O)C2c3ccccc3C(=O)N2C2CC2)C(C)C)cc1OCC. The van der Waals surface area contributed by atoms with E-state index in [0.717, 1.165) is 18.4 Å². The monoisotopic (exact) mass is 493 g/mol. The molecule has 2 unspecified atom stereocenters. The van der Waals surface area contributed by atoms with E-state index in [1.54, 1.807) is 17.0 Å². The maximum Gasteiger partial charge on any atom is 0.255 e. The van der Waals surface area contributed by atoms with Crippen molar-refractivity contribution in [2.75, 3.05) is 19.8 Å². The number of amides is 3. The number of rotatable bonds is 11. The van der Waals surface area contributed by atoms with Gasteiger partial charge in [-0.15, -0.1) is 0 Å². The Bertz CT molecular complexity index is 1130. The van der Waals surface area contributed by atoms with Crippen molar-refractivity contribution < 1.29 is 23.9 Å². The lowest BCUT2D eigenvalue weighted by atomic mass is 9.95. The van der Waals surface area contributed by atoms with Gasteiger partial charge in [0.1, 0.15) is 6.04 Å². The lowest BCUT2D eigenvalue weighted by Gasteiger charge is -2.26. The fourth-order valence-electron chi connectivity index (χ4n) is 4.72. The van der Waals surface area contributed by atoms with E-state index in [-0.39, 0.29) is 42.3 Å². The molecular weight excluding hydrogens is 458 g/mol. The summed E-state index contributed by atoms with van der Waals surface area (Å²) in [4.78, 5) is 40.7. The van der Waals surface area contributed by atoms with Crippen LogP contribution in [-0.4, -0.2) is 48.4 Å². The van der Waals surface area contributed by atoms with Crippen LogP contribution in [0.4, 0.5) is 0 Å². The Morgan fingerprint density at radius 3 is 2.39 bits per heavy atom. The van der Waals surface area contributed by atoms with E-state index in [2.05, 4.69) is 10.6 Å². The Balaban J connectivity index is 1.43. The number of carbonyl (C=O) groups is 3. The van der Waals surface area contributed by atoms with Crippen LogP contribution in [0.5, 0.6) is 11.5 Å². The van der Waals surface area contributed by atoms with Gasteiger partial charge in [-0.05, 0) is 61.9 Å². The van der Waals surface area contributed by atoms with E-state index >= 15 is 0 Å². The smallest absolute Gasteiger partial charge is 0.255 e. The topological polar surface area (TPSA) is 97.0 Å². The molecule has 1 heterocycles. The summed E-state index contributed by atoms with van der Waals surface area (Å²) in [5.41, 5.74) is 2.16. The normalized spacial score (nSPS) is 17.5. The molecule has 3 amide bonds. The second-order valence-electron chi connectivity index (χ2n) is 9.51. The first-order valence-electron chi connectivity index (χ1n) is 12.7. The Morgan fingerprint density at radius 2 is 1.72 bits per heavy atom. The molecule has 0 bridgehead atoms. The molecule has 1 aliphatic carbocycles. The number of benzene rings is 2. The van der Waals surface area contributed by atoms with Crippen molar-refractivity contribution >= 4 is 17.7 Å². The van der Waals surface area contributed by atoms with E-state index in [1.165, 1.54) is 0 Å². The molecule has 1 saturated carbocycles. The Morgan fingerprint density at radius 1 is 1.03 bits per heavy atom. The van der Waals surface area contributed by atoms with Crippen molar-refractivity contribution in [2.24, 2.45) is 5.92 Å². The number of hydrogen-bond donors (Lipinski definition) is 2. The summed E-state index contributed by atoms with van der Waals surface area (Å²) in [6, 6.07) is 12.0. The predicted molar refractivity (Wildman–Crippen MR) is 136 cm³/mol. The molecule has 2 aromatic carbocycles. The van der Waals surface area contributed by atoms with Crippen molar-refractivity contribution in [3.8, 4) is 11.5 Å². The summed E-state index contributed by atoms with van der Waals surface area (Å²) in [6.45, 7) is 8.72. The summed E-state index contributed by atoms with van der Waals surface area (Å²) >= 11 is 0. The van der Waals surface area contributed by atoms with E-state index in [1.807, 2.05) is 58.0 Å². The van der Waals surface area contributed by atoms with E-state index in [4.69, 9.17) is 9.47 Å². The minimum absolute atomic E-state index is 0.0824. The number of fused-ring (bicyclic) bond motifs is 1. The molecule has 4 rings (SSSR count). The minimum atomic E-state index is -0.699. The van der Waals surface area contributed by atoms with Crippen LogP contribution in [0.25, 0.3) is 0 Å². The van der Waals surface area contributed by atoms with Gasteiger partial charge in [0.25, 0.3) is 5.91 Å². The number of nitrogens with zero attached hydrogens (tertiary/aromatic N) is 1. The molecule has 0 radical (unpaired) electrons. The van der Waals surface area contributed by atoms with Gasteiger partial charge in [-0.3, -0.25) is 14.4 Å². The summed E-state index contributed by atoms with van der Waals surface area (Å²) < 4.78 is 11.4. The third-order valence-corrected chi connectivity index (χ3v) is 6.52. The van der Waals surface area contributed by atoms with Gasteiger partial charge in [-0.25, -0.2) is 0 Å². The molecule has 192 valence electrons. The first-order valence-corrected chi connectivity index (χ1v) is 12.7. The van der Waals surface area contributed by atoms with Crippen molar-refractivity contribution in [3.05, 3.63) is 59.2 Å². The van der Waals surface area contributed by atoms with Gasteiger partial charge in [0.2, 0.25) is 11.8 Å². The lowest BCUT2D eigenvalue weighted by Crippen LogP contribution is -2.44. The number of nitrogens with one attached hydrogen (secondary N) is 2. The molecule has 2 aromatic rings. The van der Waals surface area contributed by atoms with Gasteiger partial charge in [0.05, 0.1) is 25.8 Å². The predicted octanol–water partition coefficient (Wildman–Crippen LogP) is 3.77. The van der Waals surface area contributed by atoms with Crippen molar-refractivity contribution in [1.29, 1.82) is 0 Å². The van der Waals surface area contributed by atoms with Gasteiger partial charge < -0.3 is 25.0 Å². The summed E-state index contributed by atoms with van der Waals surface area (Å²) in [7, 11) is 0. The highest BCUT2D eigenvalue weighted by atomic mass is 16.5. The fourth-order valence-corrected chi connectivity index (χ4v) is 4.72. The third kappa shape index (κ3) is 5.32. The van der Waals surface area contributed by atoms with Gasteiger partial charge >= 0.3 is 0 Å². The van der Waals surface area contributed by atoms with Crippen LogP contribution in [-0.2, 0) is 9.59 Å². The van der Waals surface area contributed by atoms with Gasteiger partial charge in [-0.1, -0.05) is 38.1 Å². The van der Waals surface area contributed by atoms with Gasteiger partial charge in [0, 0.05) is 11.6 Å². The molecule has 2 N–H and O–H groups in total. The van der Waals surface area contributed by atoms with Crippen molar-refractivity contribution in [2.45, 2.75) is 58.7 Å². The van der Waals surface area contributed by atoms with Gasteiger partial charge in [0.15, 0.2) is 11.5 Å². The maximum absolute atomic E-state index is 13.2. The molecule has 2 aliphatic rings. The average molecular weight is 494 g/mol. The van der Waals surface area contributed by atoms with Gasteiger partial charge in [-0.2, -0.15) is 0 Å². The highest BCUT2D eigenvalue weighted by Crippen LogP contribution is 2.42. The second-order valence-corrected chi connectivity index (χ2v) is 9.51. The maximum atomic E-state index is 13.2.